The molecule has 0 rings (SSSR count). The molecule has 0 radical (unpaired) electrons. The number of guanidine groups is 1. The molecule has 0 heterocycles. The number of halogens is 1. The summed E-state index contributed by atoms with van der Waals surface area (Å²) < 4.78 is 0. The van der Waals surface area contributed by atoms with Gasteiger partial charge in [-0.1, -0.05) is 27.2 Å². The monoisotopic (exact) mass is 370 g/mol. The Hall–Kier alpha value is -0.0400. The van der Waals surface area contributed by atoms with Crippen molar-refractivity contribution in [2.24, 2.45) is 4.99 Å². The van der Waals surface area contributed by atoms with Gasteiger partial charge in [0.1, 0.15) is 0 Å². The molecule has 18 heavy (non-hydrogen) atoms. The third-order valence-electron chi connectivity index (χ3n) is 2.75. The number of hydrogen-bond donors (Lipinski definition) is 2. The number of hydrogen-bond acceptors (Lipinski definition) is 2. The number of nitrogens with zero attached hydrogens (tertiary/aromatic N) is 2. The SMILES string of the molecule is CCCCNC(=NC)NCCN(CC)CCC.I. The van der Waals surface area contributed by atoms with E-state index in [1.54, 1.807) is 0 Å². The highest BCUT2D eigenvalue weighted by Crippen LogP contribution is 1.89. The molecular formula is C13H31IN4. The van der Waals surface area contributed by atoms with Gasteiger partial charge in [-0.05, 0) is 25.9 Å². The summed E-state index contributed by atoms with van der Waals surface area (Å²) >= 11 is 0. The second kappa shape index (κ2) is 15.0. The maximum Gasteiger partial charge on any atom is 0.191 e. The molecule has 0 saturated heterocycles. The van der Waals surface area contributed by atoms with E-state index in [0.29, 0.717) is 0 Å². The Labute approximate surface area is 130 Å². The smallest absolute Gasteiger partial charge is 0.191 e. The lowest BCUT2D eigenvalue weighted by Crippen LogP contribution is -2.42. The van der Waals surface area contributed by atoms with E-state index in [1.165, 1.54) is 25.8 Å². The molecule has 0 aliphatic heterocycles. The van der Waals surface area contributed by atoms with E-state index in [-0.39, 0.29) is 24.0 Å². The van der Waals surface area contributed by atoms with Crippen molar-refractivity contribution < 1.29 is 0 Å². The Morgan fingerprint density at radius 3 is 2.17 bits per heavy atom. The third-order valence-corrected chi connectivity index (χ3v) is 2.75. The summed E-state index contributed by atoms with van der Waals surface area (Å²) in [6.45, 7) is 12.0. The summed E-state index contributed by atoms with van der Waals surface area (Å²) in [6, 6.07) is 0. The van der Waals surface area contributed by atoms with E-state index in [1.807, 2.05) is 7.05 Å². The van der Waals surface area contributed by atoms with Crippen LogP contribution in [0.5, 0.6) is 0 Å². The van der Waals surface area contributed by atoms with Crippen molar-refractivity contribution in [2.75, 3.05) is 39.8 Å². The first-order valence-electron chi connectivity index (χ1n) is 6.95. The quantitative estimate of drug-likeness (QED) is 0.283. The zero-order valence-corrected chi connectivity index (χ0v) is 14.8. The molecular weight excluding hydrogens is 339 g/mol. The fraction of sp³-hybridized carbons (Fsp3) is 0.923. The maximum absolute atomic E-state index is 4.20. The van der Waals surface area contributed by atoms with Gasteiger partial charge in [-0.3, -0.25) is 4.99 Å². The van der Waals surface area contributed by atoms with Crippen LogP contribution in [0, 0.1) is 0 Å². The van der Waals surface area contributed by atoms with Crippen LogP contribution in [0.4, 0.5) is 0 Å². The summed E-state index contributed by atoms with van der Waals surface area (Å²) in [7, 11) is 1.82. The summed E-state index contributed by atoms with van der Waals surface area (Å²) in [5.74, 6) is 0.922. The molecule has 0 aliphatic carbocycles. The van der Waals surface area contributed by atoms with E-state index in [0.717, 1.165) is 32.1 Å². The standard InChI is InChI=1S/C13H30N4.HI/c1-5-8-9-15-13(14-4)16-10-12-17(7-3)11-6-2;/h5-12H2,1-4H3,(H2,14,15,16);1H. The second-order valence-corrected chi connectivity index (χ2v) is 4.21. The van der Waals surface area contributed by atoms with Crippen molar-refractivity contribution in [3.8, 4) is 0 Å². The summed E-state index contributed by atoms with van der Waals surface area (Å²) in [6.07, 6.45) is 3.62. The van der Waals surface area contributed by atoms with Crippen molar-refractivity contribution >= 4 is 29.9 Å². The highest BCUT2D eigenvalue weighted by molar-refractivity contribution is 14.0. The molecule has 0 aromatic heterocycles. The molecule has 4 nitrogen and oxygen atoms in total. The minimum atomic E-state index is 0. The average molecular weight is 370 g/mol. The molecule has 2 N–H and O–H groups in total. The molecule has 0 aromatic rings. The zero-order valence-electron chi connectivity index (χ0n) is 12.5. The predicted molar refractivity (Wildman–Crippen MR) is 92.1 cm³/mol. The van der Waals surface area contributed by atoms with E-state index in [4.69, 9.17) is 0 Å². The Kier molecular flexibility index (Phi) is 16.9. The molecule has 0 unspecified atom stereocenters. The number of unbranched alkanes of at least 4 members (excludes halogenated alkanes) is 1. The van der Waals surface area contributed by atoms with E-state index in [2.05, 4.69) is 41.3 Å². The molecule has 110 valence electrons. The van der Waals surface area contributed by atoms with Crippen molar-refractivity contribution in [3.63, 3.8) is 0 Å². The van der Waals surface area contributed by atoms with Gasteiger partial charge in [-0.25, -0.2) is 0 Å². The predicted octanol–water partition coefficient (Wildman–Crippen LogP) is 2.30. The van der Waals surface area contributed by atoms with E-state index < -0.39 is 0 Å². The number of aliphatic imine (C=N–C) groups is 1. The highest BCUT2D eigenvalue weighted by Gasteiger charge is 2.01. The number of rotatable bonds is 9. The molecule has 0 spiro atoms. The fourth-order valence-corrected chi connectivity index (χ4v) is 1.68. The first-order valence-corrected chi connectivity index (χ1v) is 6.95. The lowest BCUT2D eigenvalue weighted by molar-refractivity contribution is 0.293. The van der Waals surface area contributed by atoms with Gasteiger partial charge in [0.15, 0.2) is 5.96 Å². The van der Waals surface area contributed by atoms with Gasteiger partial charge in [0.25, 0.3) is 0 Å². The van der Waals surface area contributed by atoms with Crippen LogP contribution in [-0.4, -0.2) is 50.6 Å². The summed E-state index contributed by atoms with van der Waals surface area (Å²) in [5.41, 5.74) is 0. The van der Waals surface area contributed by atoms with Crippen LogP contribution in [-0.2, 0) is 0 Å². The van der Waals surface area contributed by atoms with Crippen molar-refractivity contribution in [1.82, 2.24) is 15.5 Å². The van der Waals surface area contributed by atoms with Gasteiger partial charge in [0.05, 0.1) is 0 Å². The Morgan fingerprint density at radius 2 is 1.67 bits per heavy atom. The minimum absolute atomic E-state index is 0. The van der Waals surface area contributed by atoms with Crippen LogP contribution in [0.2, 0.25) is 0 Å². The molecule has 0 fully saturated rings. The summed E-state index contributed by atoms with van der Waals surface area (Å²) in [4.78, 5) is 6.66. The third kappa shape index (κ3) is 11.1. The molecule has 0 atom stereocenters. The molecule has 0 aliphatic rings. The van der Waals surface area contributed by atoms with Crippen molar-refractivity contribution in [2.45, 2.75) is 40.0 Å². The van der Waals surface area contributed by atoms with Crippen LogP contribution in [0.3, 0.4) is 0 Å². The van der Waals surface area contributed by atoms with Crippen molar-refractivity contribution in [1.29, 1.82) is 0 Å². The molecule has 0 saturated carbocycles. The van der Waals surface area contributed by atoms with Crippen molar-refractivity contribution in [3.05, 3.63) is 0 Å². The lowest BCUT2D eigenvalue weighted by atomic mass is 10.3. The number of likely N-dealkylation sites (N-methyl/N-ethyl adjacent to an activating group) is 1. The Morgan fingerprint density at radius 1 is 1.00 bits per heavy atom. The van der Waals surface area contributed by atoms with Gasteiger partial charge in [-0.2, -0.15) is 0 Å². The van der Waals surface area contributed by atoms with Crippen LogP contribution >= 0.6 is 24.0 Å². The lowest BCUT2D eigenvalue weighted by Gasteiger charge is -2.20. The maximum atomic E-state index is 4.20. The minimum Gasteiger partial charge on any atom is -0.356 e. The first kappa shape index (κ1) is 20.3. The largest absolute Gasteiger partial charge is 0.356 e. The normalized spacial score (nSPS) is 11.3. The summed E-state index contributed by atoms with van der Waals surface area (Å²) in [5, 5.41) is 6.66. The van der Waals surface area contributed by atoms with Gasteiger partial charge in [0.2, 0.25) is 0 Å². The molecule has 5 heteroatoms. The van der Waals surface area contributed by atoms with Crippen LogP contribution in [0.25, 0.3) is 0 Å². The van der Waals surface area contributed by atoms with Crippen LogP contribution < -0.4 is 10.6 Å². The van der Waals surface area contributed by atoms with E-state index >= 15 is 0 Å². The van der Waals surface area contributed by atoms with Gasteiger partial charge >= 0.3 is 0 Å². The molecule has 0 aromatic carbocycles. The average Bonchev–Trinajstić information content (AvgIpc) is 2.35. The second-order valence-electron chi connectivity index (χ2n) is 4.21. The van der Waals surface area contributed by atoms with Gasteiger partial charge in [-0.15, -0.1) is 24.0 Å². The Balaban J connectivity index is 0. The fourth-order valence-electron chi connectivity index (χ4n) is 1.68. The number of nitrogens with one attached hydrogen (secondary N) is 2. The molecule has 0 bridgehead atoms. The van der Waals surface area contributed by atoms with Gasteiger partial charge < -0.3 is 15.5 Å². The van der Waals surface area contributed by atoms with Gasteiger partial charge in [0, 0.05) is 26.7 Å². The zero-order chi connectivity index (χ0) is 12.9. The first-order chi connectivity index (χ1) is 8.28. The van der Waals surface area contributed by atoms with E-state index in [9.17, 15) is 0 Å². The van der Waals surface area contributed by atoms with Crippen LogP contribution in [0.15, 0.2) is 4.99 Å². The van der Waals surface area contributed by atoms with Crippen LogP contribution in [0.1, 0.15) is 40.0 Å². The topological polar surface area (TPSA) is 39.7 Å². The molecule has 0 amide bonds. The Bertz CT molecular complexity index is 197. The highest BCUT2D eigenvalue weighted by atomic mass is 127.